The summed E-state index contributed by atoms with van der Waals surface area (Å²) in [4.78, 5) is 0. The van der Waals surface area contributed by atoms with Gasteiger partial charge in [-0.3, -0.25) is 0 Å². The predicted octanol–water partition coefficient (Wildman–Crippen LogP) is 5.01. The molecule has 2 unspecified atom stereocenters. The molecule has 0 aromatic carbocycles. The van der Waals surface area contributed by atoms with E-state index >= 15 is 0 Å². The van der Waals surface area contributed by atoms with Gasteiger partial charge in [-0.15, -0.1) is 0 Å². The van der Waals surface area contributed by atoms with Crippen LogP contribution in [0.25, 0.3) is 0 Å². The molecule has 2 aliphatic carbocycles. The van der Waals surface area contributed by atoms with Crippen LogP contribution in [0.5, 0.6) is 0 Å². The largest absolute Gasteiger partial charge is 0.396 e. The lowest BCUT2D eigenvalue weighted by Crippen LogP contribution is -2.54. The molecule has 0 bridgehead atoms. The van der Waals surface area contributed by atoms with E-state index in [1.807, 2.05) is 12.2 Å². The molecule has 3 N–H and O–H groups in total. The molecule has 2 rings (SSSR count). The number of rotatable bonds is 10. The van der Waals surface area contributed by atoms with Gasteiger partial charge in [0.1, 0.15) is 0 Å². The second-order valence-corrected chi connectivity index (χ2v) is 9.55. The van der Waals surface area contributed by atoms with Crippen molar-refractivity contribution in [2.45, 2.75) is 96.7 Å². The molecule has 0 aromatic heterocycles. The van der Waals surface area contributed by atoms with Gasteiger partial charge in [-0.05, 0) is 55.8 Å². The number of hydrogen-bond donors (Lipinski definition) is 3. The Morgan fingerprint density at radius 1 is 1.07 bits per heavy atom. The van der Waals surface area contributed by atoms with Crippen LogP contribution in [0.1, 0.15) is 85.0 Å². The van der Waals surface area contributed by atoms with Crippen LogP contribution in [0.4, 0.5) is 0 Å². The lowest BCUT2D eigenvalue weighted by atomic mass is 9.56. The van der Waals surface area contributed by atoms with Crippen molar-refractivity contribution in [2.24, 2.45) is 23.2 Å². The topological polar surface area (TPSA) is 60.7 Å². The van der Waals surface area contributed by atoms with Crippen molar-refractivity contribution in [3.8, 4) is 0 Å². The summed E-state index contributed by atoms with van der Waals surface area (Å²) in [6.07, 6.45) is 18.2. The summed E-state index contributed by atoms with van der Waals surface area (Å²) in [6.45, 7) is 6.86. The van der Waals surface area contributed by atoms with E-state index in [0.717, 1.165) is 44.9 Å². The SMILES string of the molecule is CCCCCCC(C)(C)C1(O)C=CC=CC1[C@@H]1C[C@H](O)CC[C@H]1CCCO. The maximum Gasteiger partial charge on any atom is 0.0946 e. The number of allylic oxidation sites excluding steroid dienone is 2. The summed E-state index contributed by atoms with van der Waals surface area (Å²) >= 11 is 0. The van der Waals surface area contributed by atoms with Crippen LogP contribution in [0.2, 0.25) is 0 Å². The third kappa shape index (κ3) is 5.46. The summed E-state index contributed by atoms with van der Waals surface area (Å²) in [7, 11) is 0. The first-order valence-electron chi connectivity index (χ1n) is 11.2. The molecule has 0 spiro atoms. The Kier molecular flexibility index (Phi) is 8.58. The van der Waals surface area contributed by atoms with E-state index in [4.69, 9.17) is 0 Å². The zero-order valence-corrected chi connectivity index (χ0v) is 17.7. The van der Waals surface area contributed by atoms with Gasteiger partial charge < -0.3 is 15.3 Å². The molecule has 0 saturated heterocycles. The Labute approximate surface area is 166 Å². The molecule has 0 amide bonds. The minimum atomic E-state index is -0.882. The van der Waals surface area contributed by atoms with Gasteiger partial charge in [0.05, 0.1) is 11.7 Å². The first-order chi connectivity index (χ1) is 12.9. The molecule has 1 fully saturated rings. The van der Waals surface area contributed by atoms with Crippen molar-refractivity contribution in [1.29, 1.82) is 0 Å². The number of aliphatic hydroxyl groups is 3. The van der Waals surface area contributed by atoms with E-state index < -0.39 is 5.60 Å². The van der Waals surface area contributed by atoms with Gasteiger partial charge in [-0.2, -0.15) is 0 Å². The minimum Gasteiger partial charge on any atom is -0.396 e. The van der Waals surface area contributed by atoms with Crippen LogP contribution < -0.4 is 0 Å². The molecule has 3 heteroatoms. The van der Waals surface area contributed by atoms with Crippen molar-refractivity contribution in [3.63, 3.8) is 0 Å². The second kappa shape index (κ2) is 10.2. The van der Waals surface area contributed by atoms with E-state index in [9.17, 15) is 15.3 Å². The van der Waals surface area contributed by atoms with Crippen molar-refractivity contribution < 1.29 is 15.3 Å². The Hall–Kier alpha value is -0.640. The third-order valence-corrected chi connectivity index (χ3v) is 7.24. The van der Waals surface area contributed by atoms with Crippen molar-refractivity contribution >= 4 is 0 Å². The Morgan fingerprint density at radius 2 is 1.85 bits per heavy atom. The first kappa shape index (κ1) is 22.6. The zero-order chi connectivity index (χ0) is 19.9. The zero-order valence-electron chi connectivity index (χ0n) is 17.7. The molecular weight excluding hydrogens is 336 g/mol. The second-order valence-electron chi connectivity index (χ2n) is 9.55. The average Bonchev–Trinajstić information content (AvgIpc) is 2.64. The lowest BCUT2D eigenvalue weighted by molar-refractivity contribution is -0.100. The molecular formula is C24H42O3. The molecule has 1 saturated carbocycles. The molecule has 27 heavy (non-hydrogen) atoms. The molecule has 0 aliphatic heterocycles. The van der Waals surface area contributed by atoms with E-state index in [-0.39, 0.29) is 30.0 Å². The van der Waals surface area contributed by atoms with Crippen molar-refractivity contribution in [1.82, 2.24) is 0 Å². The van der Waals surface area contributed by atoms with E-state index in [2.05, 4.69) is 32.9 Å². The number of unbranched alkanes of at least 4 members (excludes halogenated alkanes) is 3. The number of aliphatic hydroxyl groups excluding tert-OH is 2. The highest BCUT2D eigenvalue weighted by molar-refractivity contribution is 5.26. The predicted molar refractivity (Wildman–Crippen MR) is 112 cm³/mol. The van der Waals surface area contributed by atoms with Crippen LogP contribution in [0, 0.1) is 23.2 Å². The van der Waals surface area contributed by atoms with Crippen molar-refractivity contribution in [2.75, 3.05) is 6.61 Å². The highest BCUT2D eigenvalue weighted by atomic mass is 16.3. The summed E-state index contributed by atoms with van der Waals surface area (Å²) in [5, 5.41) is 31.6. The van der Waals surface area contributed by atoms with Crippen LogP contribution >= 0.6 is 0 Å². The van der Waals surface area contributed by atoms with Crippen LogP contribution in [0.3, 0.4) is 0 Å². The molecule has 0 heterocycles. The van der Waals surface area contributed by atoms with Gasteiger partial charge in [-0.25, -0.2) is 0 Å². The fourth-order valence-corrected chi connectivity index (χ4v) is 5.38. The van der Waals surface area contributed by atoms with Gasteiger partial charge in [0, 0.05) is 12.5 Å². The smallest absolute Gasteiger partial charge is 0.0946 e. The summed E-state index contributed by atoms with van der Waals surface area (Å²) in [6, 6.07) is 0. The lowest BCUT2D eigenvalue weighted by Gasteiger charge is -2.51. The fraction of sp³-hybridized carbons (Fsp3) is 0.833. The molecule has 3 nitrogen and oxygen atoms in total. The Bertz CT molecular complexity index is 494. The average molecular weight is 379 g/mol. The van der Waals surface area contributed by atoms with Gasteiger partial charge in [-0.1, -0.05) is 70.8 Å². The quantitative estimate of drug-likeness (QED) is 0.469. The highest BCUT2D eigenvalue weighted by Crippen LogP contribution is 2.51. The normalized spacial score (nSPS) is 34.1. The third-order valence-electron chi connectivity index (χ3n) is 7.24. The van der Waals surface area contributed by atoms with Gasteiger partial charge in [0.2, 0.25) is 0 Å². The maximum atomic E-state index is 11.9. The van der Waals surface area contributed by atoms with E-state index in [0.29, 0.717) is 5.92 Å². The van der Waals surface area contributed by atoms with Crippen molar-refractivity contribution in [3.05, 3.63) is 24.3 Å². The van der Waals surface area contributed by atoms with Crippen LogP contribution in [-0.2, 0) is 0 Å². The fourth-order valence-electron chi connectivity index (χ4n) is 5.38. The molecule has 156 valence electrons. The number of hydrogen-bond acceptors (Lipinski definition) is 3. The molecule has 2 aliphatic rings. The summed E-state index contributed by atoms with van der Waals surface area (Å²) in [5.74, 6) is 0.757. The molecule has 0 aromatic rings. The monoisotopic (exact) mass is 378 g/mol. The molecule has 5 atom stereocenters. The maximum absolute atomic E-state index is 11.9. The first-order valence-corrected chi connectivity index (χ1v) is 11.2. The summed E-state index contributed by atoms with van der Waals surface area (Å²) in [5.41, 5.74) is -1.09. The van der Waals surface area contributed by atoms with Crippen LogP contribution in [0.15, 0.2) is 24.3 Å². The standard InChI is InChI=1S/C24H42O3/c1-4-5-6-8-15-23(2,3)24(27)16-9-7-12-22(24)21-18-20(26)14-13-19(21)11-10-17-25/h7,9,12,16,19-22,25-27H,4-6,8,10-11,13-15,17-18H2,1-3H3/t19-,20-,21-,22?,24?/m1/s1. The highest BCUT2D eigenvalue weighted by Gasteiger charge is 2.51. The Morgan fingerprint density at radius 3 is 2.56 bits per heavy atom. The molecule has 0 radical (unpaired) electrons. The van der Waals surface area contributed by atoms with Gasteiger partial charge >= 0.3 is 0 Å². The summed E-state index contributed by atoms with van der Waals surface area (Å²) < 4.78 is 0. The minimum absolute atomic E-state index is 0.0299. The van der Waals surface area contributed by atoms with Gasteiger partial charge in [0.25, 0.3) is 0 Å². The van der Waals surface area contributed by atoms with Gasteiger partial charge in [0.15, 0.2) is 0 Å². The van der Waals surface area contributed by atoms with E-state index in [1.54, 1.807) is 0 Å². The van der Waals surface area contributed by atoms with Crippen LogP contribution in [-0.4, -0.2) is 33.6 Å². The van der Waals surface area contributed by atoms with E-state index in [1.165, 1.54) is 19.3 Å². The Balaban J connectivity index is 2.20.